The van der Waals surface area contributed by atoms with Crippen molar-refractivity contribution >= 4 is 39.5 Å². The Morgan fingerprint density at radius 1 is 0.329 bits per heavy atom. The van der Waals surface area contributed by atoms with Crippen molar-refractivity contribution in [3.8, 4) is 0 Å². The van der Waals surface area contributed by atoms with Crippen LogP contribution >= 0.6 is 15.6 Å². The highest BCUT2D eigenvalue weighted by Gasteiger charge is 2.30. The number of carbonyl (C=O) groups is 4. The number of esters is 4. The zero-order valence-corrected chi connectivity index (χ0v) is 57.0. The summed E-state index contributed by atoms with van der Waals surface area (Å²) in [5.41, 5.74) is 0. The molecule has 0 aliphatic heterocycles. The number of carbonyl (C=O) groups excluding carboxylic acids is 4. The summed E-state index contributed by atoms with van der Waals surface area (Å²) < 4.78 is 68.1. The molecule has 0 aliphatic carbocycles. The Labute approximate surface area is 517 Å². The fraction of sp³-hybridized carbons (Fsp3) is 0.939. The molecule has 17 nitrogen and oxygen atoms in total. The van der Waals surface area contributed by atoms with Crippen LogP contribution in [-0.2, 0) is 65.4 Å². The number of phosphoric acid groups is 2. The Kier molecular flexibility index (Phi) is 54.8. The topological polar surface area (TPSA) is 237 Å². The van der Waals surface area contributed by atoms with E-state index in [0.717, 1.165) is 114 Å². The van der Waals surface area contributed by atoms with Crippen molar-refractivity contribution in [3.63, 3.8) is 0 Å². The van der Waals surface area contributed by atoms with Gasteiger partial charge in [-0.15, -0.1) is 0 Å². The zero-order chi connectivity index (χ0) is 63.2. The fourth-order valence-corrected chi connectivity index (χ4v) is 11.3. The third-order valence-corrected chi connectivity index (χ3v) is 17.3. The molecular formula is C66H128O17P2. The van der Waals surface area contributed by atoms with Gasteiger partial charge in [0, 0.05) is 25.7 Å². The van der Waals surface area contributed by atoms with Crippen molar-refractivity contribution in [2.24, 2.45) is 23.7 Å². The van der Waals surface area contributed by atoms with Crippen LogP contribution in [0.5, 0.6) is 0 Å². The normalized spacial score (nSPS) is 14.7. The van der Waals surface area contributed by atoms with Gasteiger partial charge in [0.25, 0.3) is 0 Å². The molecule has 3 N–H and O–H groups in total. The molecule has 6 atom stereocenters. The molecule has 85 heavy (non-hydrogen) atoms. The SMILES string of the molecule is CCC(C)CCCCCCCCC(=O)O[C@H](COC(=O)CCCCCCCCCCC(C)C)COP(=O)(O)OCC(O)COP(=O)(O)OC[C@@H](COC(=O)CCCCCCCCCCC(C)C)OC(=O)CCCCCCCCCCCCC(C)C. The highest BCUT2D eigenvalue weighted by molar-refractivity contribution is 7.47. The van der Waals surface area contributed by atoms with E-state index in [1.165, 1.54) is 122 Å². The van der Waals surface area contributed by atoms with Gasteiger partial charge in [-0.1, -0.05) is 267 Å². The van der Waals surface area contributed by atoms with Gasteiger partial charge in [0.1, 0.15) is 19.3 Å². The summed E-state index contributed by atoms with van der Waals surface area (Å²) in [6, 6.07) is 0. The van der Waals surface area contributed by atoms with E-state index in [0.29, 0.717) is 25.7 Å². The maximum absolute atomic E-state index is 13.0. The lowest BCUT2D eigenvalue weighted by atomic mass is 10.00. The predicted molar refractivity (Wildman–Crippen MR) is 340 cm³/mol. The summed E-state index contributed by atoms with van der Waals surface area (Å²) in [6.07, 6.45) is 36.3. The van der Waals surface area contributed by atoms with E-state index in [4.69, 9.17) is 37.0 Å². The zero-order valence-electron chi connectivity index (χ0n) is 55.2. The maximum atomic E-state index is 13.0. The summed E-state index contributed by atoms with van der Waals surface area (Å²) in [7, 11) is -9.89. The van der Waals surface area contributed by atoms with Gasteiger partial charge in [-0.3, -0.25) is 37.3 Å². The van der Waals surface area contributed by atoms with Crippen molar-refractivity contribution in [3.05, 3.63) is 0 Å². The van der Waals surface area contributed by atoms with Crippen LogP contribution in [0.15, 0.2) is 0 Å². The molecule has 0 bridgehead atoms. The number of aliphatic hydroxyl groups is 1. The van der Waals surface area contributed by atoms with Crippen molar-refractivity contribution in [1.29, 1.82) is 0 Å². The molecule has 0 saturated carbocycles. The van der Waals surface area contributed by atoms with Crippen molar-refractivity contribution < 1.29 is 80.2 Å². The standard InChI is InChI=1S/C66H128O17P2/c1-9-59(8)45-37-29-24-25-33-41-49-66(71)83-62(53-77-64(69)47-39-31-22-17-15-20-28-36-44-58(6)7)55-81-85(74,75)79-51-60(67)50-78-84(72,73)80-54-61(52-76-63(68)46-38-30-21-16-14-19-27-35-43-57(4)5)82-65(70)48-40-32-23-13-11-10-12-18-26-34-42-56(2)3/h56-62,67H,9-55H2,1-8H3,(H,72,73)(H,74,75)/t59?,60?,61-,62-/m1/s1. The van der Waals surface area contributed by atoms with Crippen LogP contribution in [0.3, 0.4) is 0 Å². The molecular weight excluding hydrogens is 1130 g/mol. The Morgan fingerprint density at radius 2 is 0.565 bits per heavy atom. The second-order valence-corrected chi connectivity index (χ2v) is 28.4. The first-order valence-corrected chi connectivity index (χ1v) is 37.2. The Morgan fingerprint density at radius 3 is 0.835 bits per heavy atom. The van der Waals surface area contributed by atoms with Gasteiger partial charge in [-0.2, -0.15) is 0 Å². The van der Waals surface area contributed by atoms with E-state index in [1.807, 2.05) is 0 Å². The fourth-order valence-electron chi connectivity index (χ4n) is 9.75. The van der Waals surface area contributed by atoms with Crippen LogP contribution in [0.4, 0.5) is 0 Å². The lowest BCUT2D eigenvalue weighted by Gasteiger charge is -2.21. The van der Waals surface area contributed by atoms with Crippen LogP contribution in [0.25, 0.3) is 0 Å². The third kappa shape index (κ3) is 59.5. The minimum atomic E-state index is -4.95. The maximum Gasteiger partial charge on any atom is 0.472 e. The van der Waals surface area contributed by atoms with Gasteiger partial charge in [-0.05, 0) is 49.4 Å². The lowest BCUT2D eigenvalue weighted by molar-refractivity contribution is -0.161. The number of hydrogen-bond donors (Lipinski definition) is 3. The molecule has 0 fully saturated rings. The molecule has 4 unspecified atom stereocenters. The van der Waals surface area contributed by atoms with E-state index in [1.54, 1.807) is 0 Å². The average molecular weight is 1260 g/mol. The van der Waals surface area contributed by atoms with Crippen LogP contribution in [0.1, 0.15) is 319 Å². The second kappa shape index (κ2) is 56.1. The van der Waals surface area contributed by atoms with Crippen LogP contribution in [-0.4, -0.2) is 96.7 Å². The first-order chi connectivity index (χ1) is 40.6. The van der Waals surface area contributed by atoms with Crippen LogP contribution in [0, 0.1) is 23.7 Å². The summed E-state index contributed by atoms with van der Waals surface area (Å²) in [4.78, 5) is 72.3. The molecule has 0 rings (SSSR count). The van der Waals surface area contributed by atoms with Gasteiger partial charge < -0.3 is 33.8 Å². The molecule has 0 amide bonds. The monoisotopic (exact) mass is 1250 g/mol. The lowest BCUT2D eigenvalue weighted by Crippen LogP contribution is -2.30. The quantitative estimate of drug-likeness (QED) is 0.0222. The average Bonchev–Trinajstić information content (AvgIpc) is 3.56. The van der Waals surface area contributed by atoms with Gasteiger partial charge in [0.2, 0.25) is 0 Å². The molecule has 0 spiro atoms. The van der Waals surface area contributed by atoms with E-state index >= 15 is 0 Å². The Bertz CT molecular complexity index is 1700. The highest BCUT2D eigenvalue weighted by atomic mass is 31.2. The van der Waals surface area contributed by atoms with Gasteiger partial charge in [-0.25, -0.2) is 9.13 Å². The highest BCUT2D eigenvalue weighted by Crippen LogP contribution is 2.45. The number of aliphatic hydroxyl groups excluding tert-OH is 1. The first-order valence-electron chi connectivity index (χ1n) is 34.2. The first kappa shape index (κ1) is 83.1. The summed E-state index contributed by atoms with van der Waals surface area (Å²) in [5.74, 6) is 0.786. The molecule has 504 valence electrons. The number of ether oxygens (including phenoxy) is 4. The summed E-state index contributed by atoms with van der Waals surface area (Å²) in [6.45, 7) is 14.0. The minimum absolute atomic E-state index is 0.102. The molecule has 0 aliphatic rings. The third-order valence-electron chi connectivity index (χ3n) is 15.4. The summed E-state index contributed by atoms with van der Waals surface area (Å²) in [5, 5.41) is 10.6. The molecule has 19 heteroatoms. The van der Waals surface area contributed by atoms with Crippen LogP contribution in [0.2, 0.25) is 0 Å². The largest absolute Gasteiger partial charge is 0.472 e. The molecule has 0 radical (unpaired) electrons. The number of phosphoric ester groups is 2. The van der Waals surface area contributed by atoms with Gasteiger partial charge in [0.15, 0.2) is 12.2 Å². The Hall–Kier alpha value is -1.94. The molecule has 0 heterocycles. The second-order valence-electron chi connectivity index (χ2n) is 25.5. The van der Waals surface area contributed by atoms with E-state index in [9.17, 15) is 43.2 Å². The number of rotatable bonds is 63. The molecule has 0 aromatic heterocycles. The summed E-state index contributed by atoms with van der Waals surface area (Å²) >= 11 is 0. The van der Waals surface area contributed by atoms with Crippen molar-refractivity contribution in [2.75, 3.05) is 39.6 Å². The Balaban J connectivity index is 5.26. The van der Waals surface area contributed by atoms with Gasteiger partial charge >= 0.3 is 39.5 Å². The predicted octanol–water partition coefficient (Wildman–Crippen LogP) is 18.1. The number of hydrogen-bond acceptors (Lipinski definition) is 15. The van der Waals surface area contributed by atoms with Crippen molar-refractivity contribution in [2.45, 2.75) is 337 Å². The van der Waals surface area contributed by atoms with Crippen LogP contribution < -0.4 is 0 Å². The molecule has 0 aromatic rings. The molecule has 0 saturated heterocycles. The number of unbranched alkanes of at least 4 members (excludes halogenated alkanes) is 28. The minimum Gasteiger partial charge on any atom is -0.462 e. The van der Waals surface area contributed by atoms with E-state index in [-0.39, 0.29) is 25.7 Å². The van der Waals surface area contributed by atoms with Crippen molar-refractivity contribution in [1.82, 2.24) is 0 Å². The molecule has 0 aromatic carbocycles. The van der Waals surface area contributed by atoms with E-state index in [2.05, 4.69) is 55.4 Å². The van der Waals surface area contributed by atoms with Gasteiger partial charge in [0.05, 0.1) is 26.4 Å². The smallest absolute Gasteiger partial charge is 0.462 e. The van der Waals surface area contributed by atoms with E-state index < -0.39 is 97.5 Å².